The molecule has 2 heterocycles. The molecule has 0 fully saturated rings. The quantitative estimate of drug-likeness (QED) is 0.0602. The van der Waals surface area contributed by atoms with Gasteiger partial charge >= 0.3 is 0 Å². The normalized spacial score (nSPS) is 12.4. The first kappa shape index (κ1) is 50.7. The van der Waals surface area contributed by atoms with Crippen LogP contribution in [0.25, 0.3) is 0 Å². The van der Waals surface area contributed by atoms with Crippen LogP contribution < -0.4 is 33.6 Å². The minimum Gasteiger partial charge on any atom is -0.493 e. The largest absolute Gasteiger partial charge is 0.493 e. The summed E-state index contributed by atoms with van der Waals surface area (Å²) in [4.78, 5) is 0. The molecular formula is C56H79N7O4+2. The molecule has 0 aliphatic heterocycles. The third-order valence-electron chi connectivity index (χ3n) is 12.1. The topological polar surface area (TPSA) is 92.3 Å². The van der Waals surface area contributed by atoms with Gasteiger partial charge in [-0.2, -0.15) is 0 Å². The van der Waals surface area contributed by atoms with Crippen molar-refractivity contribution in [3.8, 4) is 23.0 Å². The van der Waals surface area contributed by atoms with E-state index in [0.29, 0.717) is 26.4 Å². The molecule has 0 bridgehead atoms. The molecule has 1 N–H and O–H groups in total. The summed E-state index contributed by atoms with van der Waals surface area (Å²) in [7, 11) is 3.91. The van der Waals surface area contributed by atoms with E-state index in [4.69, 9.17) is 18.9 Å². The molecule has 67 heavy (non-hydrogen) atoms. The van der Waals surface area contributed by atoms with Crippen molar-refractivity contribution in [3.63, 3.8) is 0 Å². The second kappa shape index (κ2) is 21.5. The molecular weight excluding hydrogens is 835 g/mol. The van der Waals surface area contributed by atoms with Crippen LogP contribution >= 0.6 is 0 Å². The number of aromatic nitrogens is 6. The van der Waals surface area contributed by atoms with E-state index in [1.807, 2.05) is 57.1 Å². The van der Waals surface area contributed by atoms with E-state index in [9.17, 15) is 0 Å². The maximum Gasteiger partial charge on any atom is 0.204 e. The molecule has 2 aromatic heterocycles. The molecule has 0 amide bonds. The van der Waals surface area contributed by atoms with Crippen molar-refractivity contribution >= 4 is 0 Å². The van der Waals surface area contributed by atoms with Gasteiger partial charge in [-0.05, 0) is 104 Å². The highest BCUT2D eigenvalue weighted by Gasteiger charge is 2.23. The van der Waals surface area contributed by atoms with Gasteiger partial charge in [-0.3, -0.25) is 0 Å². The van der Waals surface area contributed by atoms with Crippen LogP contribution in [-0.2, 0) is 75.1 Å². The predicted octanol–water partition coefficient (Wildman–Crippen LogP) is 10.3. The Hall–Kier alpha value is -5.68. The number of benzene rings is 4. The fourth-order valence-electron chi connectivity index (χ4n) is 7.50. The average Bonchev–Trinajstić information content (AvgIpc) is 3.81. The van der Waals surface area contributed by atoms with Gasteiger partial charge in [0.2, 0.25) is 11.4 Å². The Morgan fingerprint density at radius 1 is 0.448 bits per heavy atom. The van der Waals surface area contributed by atoms with E-state index in [2.05, 4.69) is 172 Å². The maximum absolute atomic E-state index is 6.27. The molecule has 0 saturated carbocycles. The fraction of sp³-hybridized carbons (Fsp3) is 0.500. The van der Waals surface area contributed by atoms with E-state index in [1.165, 1.54) is 33.4 Å². The number of aryl methyl sites for hydroxylation is 4. The first-order valence-corrected chi connectivity index (χ1v) is 24.1. The summed E-state index contributed by atoms with van der Waals surface area (Å²) in [5, 5.41) is 12.9. The van der Waals surface area contributed by atoms with Crippen LogP contribution in [0, 0.1) is 0 Å². The van der Waals surface area contributed by atoms with Crippen molar-refractivity contribution in [1.29, 1.82) is 0 Å². The van der Waals surface area contributed by atoms with Crippen LogP contribution in [0.15, 0.2) is 97.3 Å². The van der Waals surface area contributed by atoms with Crippen molar-refractivity contribution in [1.82, 2.24) is 25.1 Å². The molecule has 11 nitrogen and oxygen atoms in total. The zero-order valence-electron chi connectivity index (χ0n) is 43.1. The van der Waals surface area contributed by atoms with Crippen LogP contribution in [0.1, 0.15) is 141 Å². The van der Waals surface area contributed by atoms with Gasteiger partial charge in [-0.15, -0.1) is 18.7 Å². The summed E-state index contributed by atoms with van der Waals surface area (Å²) in [6.07, 6.45) is 5.81. The maximum atomic E-state index is 6.27. The third kappa shape index (κ3) is 15.2. The Morgan fingerprint density at radius 3 is 1.09 bits per heavy atom. The number of rotatable bonds is 20. The molecule has 0 atom stereocenters. The first-order chi connectivity index (χ1) is 31.5. The molecule has 0 radical (unpaired) electrons. The summed E-state index contributed by atoms with van der Waals surface area (Å²) in [6.45, 7) is 32.1. The van der Waals surface area contributed by atoms with Gasteiger partial charge < -0.3 is 24.3 Å². The predicted molar refractivity (Wildman–Crippen MR) is 267 cm³/mol. The smallest absolute Gasteiger partial charge is 0.204 e. The monoisotopic (exact) mass is 914 g/mol. The molecule has 0 spiro atoms. The molecule has 0 aliphatic carbocycles. The van der Waals surface area contributed by atoms with Gasteiger partial charge in [-0.1, -0.05) is 119 Å². The average molecular weight is 914 g/mol. The highest BCUT2D eigenvalue weighted by atomic mass is 16.5. The number of hydrogen-bond donors (Lipinski definition) is 1. The summed E-state index contributed by atoms with van der Waals surface area (Å²) in [5.74, 6) is 3.52. The Morgan fingerprint density at radius 2 is 0.776 bits per heavy atom. The summed E-state index contributed by atoms with van der Waals surface area (Å²) in [5.41, 5.74) is 9.78. The molecule has 6 rings (SSSR count). The number of nitrogens with zero attached hydrogens (tertiary/aromatic N) is 6. The Kier molecular flexibility index (Phi) is 16.3. The minimum absolute atomic E-state index is 0.0544. The molecule has 0 saturated heterocycles. The Labute approximate surface area is 401 Å². The molecule has 360 valence electrons. The highest BCUT2D eigenvalue weighted by molar-refractivity contribution is 5.42. The molecule has 11 heteroatoms. The summed E-state index contributed by atoms with van der Waals surface area (Å²) in [6, 6.07) is 29.9. The lowest BCUT2D eigenvalue weighted by molar-refractivity contribution is -0.755. The number of hydrogen-bond acceptors (Lipinski definition) is 7. The fourth-order valence-corrected chi connectivity index (χ4v) is 7.50. The van der Waals surface area contributed by atoms with Crippen LogP contribution in [-0.4, -0.2) is 33.0 Å². The minimum atomic E-state index is 0.0544. The SMILES string of the molecule is Cn1n[n+](CCCOc2cc(C(C)(C)C)cc(C(C)(C)C)c2)cc1COc1ccc(CNCc2ccc(OCc3c[n+](CCCOc4cc(C(C)(C)C)cc(C(C)(C)C)c4)nn3C)cc2)cc1. The lowest BCUT2D eigenvalue weighted by Gasteiger charge is -2.26. The Bertz CT molecular complexity index is 2270. The first-order valence-electron chi connectivity index (χ1n) is 24.1. The van der Waals surface area contributed by atoms with Crippen molar-refractivity contribution in [2.75, 3.05) is 13.2 Å². The number of ether oxygens (including phenoxy) is 4. The van der Waals surface area contributed by atoms with Gasteiger partial charge in [-0.25, -0.2) is 0 Å². The zero-order chi connectivity index (χ0) is 48.6. The zero-order valence-corrected chi connectivity index (χ0v) is 43.1. The van der Waals surface area contributed by atoms with Crippen molar-refractivity contribution in [2.24, 2.45) is 14.1 Å². The number of nitrogens with one attached hydrogen (secondary N) is 1. The second-order valence-electron chi connectivity index (χ2n) is 22.2. The third-order valence-corrected chi connectivity index (χ3v) is 12.1. The van der Waals surface area contributed by atoms with Crippen LogP contribution in [0.2, 0.25) is 0 Å². The molecule has 0 unspecified atom stereocenters. The van der Waals surface area contributed by atoms with Gasteiger partial charge in [0.05, 0.1) is 23.6 Å². The van der Waals surface area contributed by atoms with Gasteiger partial charge in [0.15, 0.2) is 25.6 Å². The van der Waals surface area contributed by atoms with Gasteiger partial charge in [0.25, 0.3) is 0 Å². The van der Waals surface area contributed by atoms with E-state index in [-0.39, 0.29) is 21.7 Å². The summed E-state index contributed by atoms with van der Waals surface area (Å²) < 4.78 is 32.5. The Balaban J connectivity index is 0.875. The molecule has 0 aliphatic rings. The second-order valence-corrected chi connectivity index (χ2v) is 22.2. The van der Waals surface area contributed by atoms with Crippen LogP contribution in [0.4, 0.5) is 0 Å². The lowest BCUT2D eigenvalue weighted by atomic mass is 9.80. The van der Waals surface area contributed by atoms with Crippen molar-refractivity contribution < 1.29 is 28.3 Å². The lowest BCUT2D eigenvalue weighted by Crippen LogP contribution is -2.36. The van der Waals surface area contributed by atoms with E-state index < -0.39 is 0 Å². The standard InChI is InChI=1S/C56H79N7O4/c1-53(2,3)43-29-44(54(4,5)6)32-51(31-43)64-27-15-25-62-37-47(60(13)58-62)39-66-49-21-17-41(18-22-49)35-57-36-42-19-23-50(24-20-42)67-40-48-38-63(59-61(48)14)26-16-28-65-52-33-45(55(7,8)9)30-46(34-52)56(10,11)12/h17-24,29-34,37-38,57H,15-16,25-28,35-36,39-40H2,1-14H3/q+2. The molecule has 4 aromatic carbocycles. The van der Waals surface area contributed by atoms with Crippen molar-refractivity contribution in [3.05, 3.63) is 142 Å². The summed E-state index contributed by atoms with van der Waals surface area (Å²) >= 11 is 0. The highest BCUT2D eigenvalue weighted by Crippen LogP contribution is 2.34. The van der Waals surface area contributed by atoms with Gasteiger partial charge in [0, 0.05) is 25.9 Å². The van der Waals surface area contributed by atoms with E-state index >= 15 is 0 Å². The molecule has 6 aromatic rings. The van der Waals surface area contributed by atoms with E-state index in [1.54, 1.807) is 0 Å². The van der Waals surface area contributed by atoms with Crippen LogP contribution in [0.5, 0.6) is 23.0 Å². The van der Waals surface area contributed by atoms with E-state index in [0.717, 1.165) is 73.4 Å². The van der Waals surface area contributed by atoms with Crippen molar-refractivity contribution in [2.45, 2.75) is 157 Å². The van der Waals surface area contributed by atoms with Crippen LogP contribution in [0.3, 0.4) is 0 Å². The van der Waals surface area contributed by atoms with Gasteiger partial charge in [0.1, 0.15) is 50.2 Å².